The predicted molar refractivity (Wildman–Crippen MR) is 102 cm³/mol. The van der Waals surface area contributed by atoms with Crippen LogP contribution in [0.4, 0.5) is 0 Å². The summed E-state index contributed by atoms with van der Waals surface area (Å²) in [4.78, 5) is 40.2. The topological polar surface area (TPSA) is 97.3 Å². The minimum atomic E-state index is -0.438. The molecule has 0 fully saturated rings. The van der Waals surface area contributed by atoms with Crippen LogP contribution in [0.1, 0.15) is 12.8 Å². The molecule has 0 atom stereocenters. The van der Waals surface area contributed by atoms with Crippen molar-refractivity contribution < 1.29 is 14.3 Å². The summed E-state index contributed by atoms with van der Waals surface area (Å²) in [5.74, 6) is 0.431. The molecule has 2 heterocycles. The summed E-state index contributed by atoms with van der Waals surface area (Å²) in [7, 11) is 2.97. The van der Waals surface area contributed by atoms with Crippen molar-refractivity contribution in [2.45, 2.75) is 19.4 Å². The number of rotatable bonds is 8. The molecule has 9 nitrogen and oxygen atoms in total. The molecule has 148 valence electrons. The number of carbonyl (C=O) groups is 1. The van der Waals surface area contributed by atoms with E-state index in [0.717, 1.165) is 10.3 Å². The molecule has 0 bridgehead atoms. The summed E-state index contributed by atoms with van der Waals surface area (Å²) < 4.78 is 14.7. The molecule has 3 rings (SSSR count). The normalized spacial score (nSPS) is 10.9. The lowest BCUT2D eigenvalue weighted by Crippen LogP contribution is -2.37. The Morgan fingerprint density at radius 1 is 1.07 bits per heavy atom. The third-order valence-electron chi connectivity index (χ3n) is 4.35. The standard InChI is InChI=1S/C19H22N4O5/c1-21-17-16(18(25)22(2)19(21)26)23(13-20-17)10-12-28-15(24)9-6-11-27-14-7-4-3-5-8-14/h3-5,7-8,13H,6,9-12H2,1-2H3. The van der Waals surface area contributed by atoms with Crippen molar-refractivity contribution in [3.05, 3.63) is 57.5 Å². The van der Waals surface area contributed by atoms with Gasteiger partial charge in [-0.1, -0.05) is 18.2 Å². The number of ether oxygens (including phenoxy) is 2. The van der Waals surface area contributed by atoms with Crippen molar-refractivity contribution in [3.63, 3.8) is 0 Å². The molecular formula is C19H22N4O5. The second-order valence-electron chi connectivity index (χ2n) is 6.30. The Labute approximate surface area is 160 Å². The van der Waals surface area contributed by atoms with Gasteiger partial charge in [-0.2, -0.15) is 0 Å². The fraction of sp³-hybridized carbons (Fsp3) is 0.368. The van der Waals surface area contributed by atoms with Gasteiger partial charge < -0.3 is 14.0 Å². The predicted octanol–water partition coefficient (Wildman–Crippen LogP) is 0.836. The second kappa shape index (κ2) is 8.55. The van der Waals surface area contributed by atoms with Crippen molar-refractivity contribution in [2.75, 3.05) is 13.2 Å². The van der Waals surface area contributed by atoms with Crippen molar-refractivity contribution in [2.24, 2.45) is 14.1 Å². The highest BCUT2D eigenvalue weighted by Gasteiger charge is 2.14. The molecule has 0 radical (unpaired) electrons. The van der Waals surface area contributed by atoms with E-state index in [2.05, 4.69) is 4.98 Å². The first-order valence-electron chi connectivity index (χ1n) is 8.93. The van der Waals surface area contributed by atoms with Crippen molar-refractivity contribution in [1.82, 2.24) is 18.7 Å². The number of hydrogen-bond donors (Lipinski definition) is 0. The first-order chi connectivity index (χ1) is 13.5. The van der Waals surface area contributed by atoms with Crippen LogP contribution in [0.25, 0.3) is 11.2 Å². The third kappa shape index (κ3) is 4.13. The summed E-state index contributed by atoms with van der Waals surface area (Å²) in [5, 5.41) is 0. The SMILES string of the molecule is Cn1c(=O)c2c(ncn2CCOC(=O)CCCOc2ccccc2)n(C)c1=O. The van der Waals surface area contributed by atoms with Crippen molar-refractivity contribution in [3.8, 4) is 5.75 Å². The number of aryl methyl sites for hydroxylation is 1. The number of fused-ring (bicyclic) bond motifs is 1. The van der Waals surface area contributed by atoms with E-state index < -0.39 is 11.2 Å². The van der Waals surface area contributed by atoms with E-state index in [4.69, 9.17) is 9.47 Å². The van der Waals surface area contributed by atoms with Crippen LogP contribution in [0.3, 0.4) is 0 Å². The van der Waals surface area contributed by atoms with Crippen LogP contribution in [0.5, 0.6) is 5.75 Å². The number of imidazole rings is 1. The maximum Gasteiger partial charge on any atom is 0.332 e. The number of nitrogens with zero attached hydrogens (tertiary/aromatic N) is 4. The zero-order chi connectivity index (χ0) is 20.1. The molecule has 9 heteroatoms. The average Bonchev–Trinajstić information content (AvgIpc) is 3.13. The van der Waals surface area contributed by atoms with Gasteiger partial charge in [0.2, 0.25) is 0 Å². The van der Waals surface area contributed by atoms with E-state index in [1.807, 2.05) is 30.3 Å². The van der Waals surface area contributed by atoms with Gasteiger partial charge in [0.05, 0.1) is 19.5 Å². The molecule has 0 saturated heterocycles. The molecular weight excluding hydrogens is 364 g/mol. The number of hydrogen-bond acceptors (Lipinski definition) is 6. The molecule has 0 N–H and O–H groups in total. The van der Waals surface area contributed by atoms with E-state index in [-0.39, 0.29) is 25.5 Å². The highest BCUT2D eigenvalue weighted by atomic mass is 16.5. The number of benzene rings is 1. The Kier molecular flexibility index (Phi) is 5.93. The van der Waals surface area contributed by atoms with Crippen molar-refractivity contribution in [1.29, 1.82) is 0 Å². The number of esters is 1. The quantitative estimate of drug-likeness (QED) is 0.420. The minimum Gasteiger partial charge on any atom is -0.494 e. The van der Waals surface area contributed by atoms with Gasteiger partial charge in [0.1, 0.15) is 12.4 Å². The Bertz CT molecular complexity index is 1080. The lowest BCUT2D eigenvalue weighted by molar-refractivity contribution is -0.144. The molecule has 0 aliphatic rings. The minimum absolute atomic E-state index is 0.107. The highest BCUT2D eigenvalue weighted by molar-refractivity contribution is 5.70. The Balaban J connectivity index is 1.49. The van der Waals surface area contributed by atoms with Gasteiger partial charge >= 0.3 is 11.7 Å². The van der Waals surface area contributed by atoms with Gasteiger partial charge in [0, 0.05) is 20.5 Å². The molecule has 0 amide bonds. The average molecular weight is 386 g/mol. The first kappa shape index (κ1) is 19.4. The zero-order valence-corrected chi connectivity index (χ0v) is 15.8. The summed E-state index contributed by atoms with van der Waals surface area (Å²) in [6, 6.07) is 9.38. The van der Waals surface area contributed by atoms with Crippen molar-refractivity contribution >= 4 is 17.1 Å². The van der Waals surface area contributed by atoms with E-state index in [1.54, 1.807) is 11.6 Å². The fourth-order valence-corrected chi connectivity index (χ4v) is 2.82. The zero-order valence-electron chi connectivity index (χ0n) is 15.8. The Hall–Kier alpha value is -3.36. The maximum absolute atomic E-state index is 12.3. The molecule has 0 saturated carbocycles. The Morgan fingerprint density at radius 2 is 1.82 bits per heavy atom. The van der Waals surface area contributed by atoms with Gasteiger partial charge in [-0.3, -0.25) is 18.7 Å². The van der Waals surface area contributed by atoms with Crippen LogP contribution in [0.15, 0.2) is 46.2 Å². The monoisotopic (exact) mass is 386 g/mol. The molecule has 0 spiro atoms. The van der Waals surface area contributed by atoms with Crippen LogP contribution in [-0.4, -0.2) is 37.9 Å². The summed E-state index contributed by atoms with van der Waals surface area (Å²) in [6.07, 6.45) is 2.26. The van der Waals surface area contributed by atoms with Crippen LogP contribution in [0, 0.1) is 0 Å². The molecule has 28 heavy (non-hydrogen) atoms. The van der Waals surface area contributed by atoms with Gasteiger partial charge in [0.25, 0.3) is 5.56 Å². The molecule has 0 unspecified atom stereocenters. The smallest absolute Gasteiger partial charge is 0.332 e. The van der Waals surface area contributed by atoms with E-state index >= 15 is 0 Å². The third-order valence-corrected chi connectivity index (χ3v) is 4.35. The van der Waals surface area contributed by atoms with E-state index in [9.17, 15) is 14.4 Å². The molecule has 3 aromatic rings. The van der Waals surface area contributed by atoms with Gasteiger partial charge in [-0.05, 0) is 18.6 Å². The second-order valence-corrected chi connectivity index (χ2v) is 6.30. The van der Waals surface area contributed by atoms with Crippen LogP contribution < -0.4 is 16.0 Å². The lowest BCUT2D eigenvalue weighted by atomic mass is 10.3. The Morgan fingerprint density at radius 3 is 2.57 bits per heavy atom. The van der Waals surface area contributed by atoms with Gasteiger partial charge in [-0.15, -0.1) is 0 Å². The van der Waals surface area contributed by atoms with E-state index in [1.165, 1.54) is 17.9 Å². The number of para-hydroxylation sites is 1. The first-order valence-corrected chi connectivity index (χ1v) is 8.93. The maximum atomic E-state index is 12.3. The van der Waals surface area contributed by atoms with Crippen LogP contribution in [0.2, 0.25) is 0 Å². The van der Waals surface area contributed by atoms with Gasteiger partial charge in [-0.25, -0.2) is 9.78 Å². The fourth-order valence-electron chi connectivity index (χ4n) is 2.82. The van der Waals surface area contributed by atoms with Gasteiger partial charge in [0.15, 0.2) is 11.2 Å². The number of aromatic nitrogens is 4. The molecule has 2 aromatic heterocycles. The lowest BCUT2D eigenvalue weighted by Gasteiger charge is -2.08. The van der Waals surface area contributed by atoms with Crippen LogP contribution in [-0.2, 0) is 30.2 Å². The van der Waals surface area contributed by atoms with E-state index in [0.29, 0.717) is 24.2 Å². The highest BCUT2D eigenvalue weighted by Crippen LogP contribution is 2.09. The molecule has 1 aromatic carbocycles. The largest absolute Gasteiger partial charge is 0.494 e. The number of carbonyl (C=O) groups excluding carboxylic acids is 1. The molecule has 0 aliphatic heterocycles. The summed E-state index contributed by atoms with van der Waals surface area (Å²) in [6.45, 7) is 0.807. The van der Waals surface area contributed by atoms with Crippen LogP contribution >= 0.6 is 0 Å². The molecule has 0 aliphatic carbocycles. The summed E-state index contributed by atoms with van der Waals surface area (Å²) >= 11 is 0. The summed E-state index contributed by atoms with van der Waals surface area (Å²) in [5.41, 5.74) is -0.263.